The van der Waals surface area contributed by atoms with Crippen molar-refractivity contribution in [1.82, 2.24) is 20.5 Å². The van der Waals surface area contributed by atoms with E-state index in [4.69, 9.17) is 4.74 Å². The molecule has 3 atom stereocenters. The zero-order valence-electron chi connectivity index (χ0n) is 22.0. The highest BCUT2D eigenvalue weighted by molar-refractivity contribution is 6.02. The topological polar surface area (TPSA) is 139 Å². The number of rotatable bonds is 13. The van der Waals surface area contributed by atoms with Crippen LogP contribution in [0.4, 0.5) is 0 Å². The predicted molar refractivity (Wildman–Crippen MR) is 139 cm³/mol. The molecule has 10 nitrogen and oxygen atoms in total. The fraction of sp³-hybridized carbons (Fsp3) is 0.556. The number of ketones is 1. The van der Waals surface area contributed by atoms with Gasteiger partial charge in [-0.3, -0.25) is 19.2 Å². The highest BCUT2D eigenvalue weighted by Gasteiger charge is 2.33. The largest absolute Gasteiger partial charge is 0.496 e. The van der Waals surface area contributed by atoms with Crippen LogP contribution in [0.25, 0.3) is 10.9 Å². The van der Waals surface area contributed by atoms with Crippen molar-refractivity contribution < 1.29 is 29.0 Å². The van der Waals surface area contributed by atoms with Crippen molar-refractivity contribution in [2.75, 3.05) is 20.3 Å². The van der Waals surface area contributed by atoms with E-state index >= 15 is 0 Å². The number of nitrogens with one attached hydrogen (secondary N) is 3. The summed E-state index contributed by atoms with van der Waals surface area (Å²) in [4.78, 5) is 51.3. The Bertz CT molecular complexity index is 1140. The van der Waals surface area contributed by atoms with Crippen LogP contribution in [0.2, 0.25) is 0 Å². The normalized spacial score (nSPS) is 16.9. The molecule has 37 heavy (non-hydrogen) atoms. The van der Waals surface area contributed by atoms with Crippen LogP contribution in [0.1, 0.15) is 56.9 Å². The molecule has 0 aliphatic carbocycles. The zero-order chi connectivity index (χ0) is 27.1. The Labute approximate surface area is 217 Å². The molecular formula is C27H38N4O6. The second-order valence-corrected chi connectivity index (χ2v) is 9.93. The van der Waals surface area contributed by atoms with E-state index in [1.807, 2.05) is 43.5 Å². The van der Waals surface area contributed by atoms with Crippen molar-refractivity contribution >= 4 is 34.4 Å². The number of fused-ring (bicyclic) bond motifs is 1. The van der Waals surface area contributed by atoms with E-state index in [1.54, 1.807) is 13.2 Å². The summed E-state index contributed by atoms with van der Waals surface area (Å²) < 4.78 is 7.39. The van der Waals surface area contributed by atoms with Gasteiger partial charge in [-0.15, -0.1) is 0 Å². The molecule has 4 N–H and O–H groups in total. The van der Waals surface area contributed by atoms with Crippen LogP contribution in [-0.2, 0) is 20.9 Å². The van der Waals surface area contributed by atoms with E-state index in [0.29, 0.717) is 37.4 Å². The van der Waals surface area contributed by atoms with E-state index in [2.05, 4.69) is 16.0 Å². The summed E-state index contributed by atoms with van der Waals surface area (Å²) in [6, 6.07) is 5.46. The van der Waals surface area contributed by atoms with E-state index in [0.717, 1.165) is 17.3 Å². The highest BCUT2D eigenvalue weighted by atomic mass is 16.5. The van der Waals surface area contributed by atoms with Crippen molar-refractivity contribution in [2.45, 2.75) is 65.1 Å². The SMILES string of the molecule is CCCn1c(C(=O)N[C@@H](CC(C)C)C(=O)N[C@H](C[C@@H]2CCNC2=O)C(=O)CO)cc2c(OC)cccc21. The molecule has 2 aromatic rings. The molecule has 1 aromatic heterocycles. The second-order valence-electron chi connectivity index (χ2n) is 9.93. The average molecular weight is 515 g/mol. The fourth-order valence-corrected chi connectivity index (χ4v) is 4.83. The summed E-state index contributed by atoms with van der Waals surface area (Å²) in [7, 11) is 1.58. The van der Waals surface area contributed by atoms with Crippen LogP contribution < -0.4 is 20.7 Å². The third-order valence-electron chi connectivity index (χ3n) is 6.68. The van der Waals surface area contributed by atoms with Crippen LogP contribution in [0.3, 0.4) is 0 Å². The van der Waals surface area contributed by atoms with Gasteiger partial charge in [0.2, 0.25) is 11.8 Å². The minimum absolute atomic E-state index is 0.0743. The van der Waals surface area contributed by atoms with Gasteiger partial charge < -0.3 is 30.4 Å². The van der Waals surface area contributed by atoms with Gasteiger partial charge in [0.05, 0.1) is 18.7 Å². The Morgan fingerprint density at radius 1 is 1.22 bits per heavy atom. The first-order valence-electron chi connectivity index (χ1n) is 12.9. The molecule has 1 fully saturated rings. The van der Waals surface area contributed by atoms with Crippen molar-refractivity contribution in [3.8, 4) is 5.75 Å². The molecule has 0 bridgehead atoms. The Hall–Kier alpha value is -3.40. The number of hydrogen-bond acceptors (Lipinski definition) is 6. The summed E-state index contributed by atoms with van der Waals surface area (Å²) in [5.74, 6) is -1.37. The molecule has 1 aromatic carbocycles. The molecule has 0 saturated carbocycles. The van der Waals surface area contributed by atoms with Crippen molar-refractivity contribution in [2.24, 2.45) is 11.8 Å². The number of aliphatic hydroxyl groups is 1. The summed E-state index contributed by atoms with van der Waals surface area (Å²) in [6.45, 7) is 6.26. The third kappa shape index (κ3) is 6.68. The summed E-state index contributed by atoms with van der Waals surface area (Å²) in [5.41, 5.74) is 1.27. The number of aliphatic hydroxyl groups excluding tert-OH is 1. The van der Waals surface area contributed by atoms with Gasteiger partial charge in [-0.2, -0.15) is 0 Å². The Morgan fingerprint density at radius 3 is 2.57 bits per heavy atom. The number of amides is 3. The molecular weight excluding hydrogens is 476 g/mol. The Kier molecular flexibility index (Phi) is 9.68. The molecule has 0 radical (unpaired) electrons. The number of carbonyl (C=O) groups excluding carboxylic acids is 4. The summed E-state index contributed by atoms with van der Waals surface area (Å²) in [5, 5.41) is 18.5. The van der Waals surface area contributed by atoms with Crippen LogP contribution in [0.5, 0.6) is 5.75 Å². The molecule has 10 heteroatoms. The van der Waals surface area contributed by atoms with Gasteiger partial charge >= 0.3 is 0 Å². The molecule has 3 rings (SSSR count). The van der Waals surface area contributed by atoms with Gasteiger partial charge in [0.15, 0.2) is 5.78 Å². The first-order chi connectivity index (χ1) is 17.7. The molecule has 3 amide bonds. The van der Waals surface area contributed by atoms with Crippen molar-refractivity contribution in [3.63, 3.8) is 0 Å². The third-order valence-corrected chi connectivity index (χ3v) is 6.68. The Balaban J connectivity index is 1.85. The summed E-state index contributed by atoms with van der Waals surface area (Å²) in [6.07, 6.45) is 1.81. The lowest BCUT2D eigenvalue weighted by molar-refractivity contribution is -0.131. The number of Topliss-reactive ketones (excluding diaryl/α,β-unsaturated/α-hetero) is 1. The monoisotopic (exact) mass is 514 g/mol. The van der Waals surface area contributed by atoms with Gasteiger partial charge in [-0.1, -0.05) is 26.8 Å². The zero-order valence-corrected chi connectivity index (χ0v) is 22.0. The average Bonchev–Trinajstić information content (AvgIpc) is 3.45. The van der Waals surface area contributed by atoms with Crippen LogP contribution in [0.15, 0.2) is 24.3 Å². The molecule has 0 spiro atoms. The van der Waals surface area contributed by atoms with E-state index in [1.165, 1.54) is 0 Å². The number of benzene rings is 1. The lowest BCUT2D eigenvalue weighted by atomic mass is 9.95. The number of aryl methyl sites for hydroxylation is 1. The first kappa shape index (κ1) is 28.2. The second kappa shape index (κ2) is 12.7. The Morgan fingerprint density at radius 2 is 1.97 bits per heavy atom. The first-order valence-corrected chi connectivity index (χ1v) is 12.9. The molecule has 0 unspecified atom stereocenters. The van der Waals surface area contributed by atoms with Crippen molar-refractivity contribution in [3.05, 3.63) is 30.0 Å². The number of aromatic nitrogens is 1. The standard InChI is InChI=1S/C27H38N4O6/c1-5-11-31-21-7-6-8-24(37-4)18(21)14-22(31)27(36)30-20(12-16(2)3)26(35)29-19(23(33)15-32)13-17-9-10-28-25(17)34/h6-8,14,16-17,19-20,32H,5,9-13,15H2,1-4H3,(H,28,34)(H,29,35)(H,30,36)/t17-,19+,20-/m0/s1. The number of hydrogen-bond donors (Lipinski definition) is 4. The highest BCUT2D eigenvalue weighted by Crippen LogP contribution is 2.29. The smallest absolute Gasteiger partial charge is 0.268 e. The van der Waals surface area contributed by atoms with Crippen molar-refractivity contribution in [1.29, 1.82) is 0 Å². The van der Waals surface area contributed by atoms with Crippen LogP contribution in [-0.4, -0.2) is 65.5 Å². The van der Waals surface area contributed by atoms with Gasteiger partial charge in [0.1, 0.15) is 24.1 Å². The lowest BCUT2D eigenvalue weighted by Crippen LogP contribution is -2.53. The van der Waals surface area contributed by atoms with Gasteiger partial charge in [0.25, 0.3) is 5.91 Å². The quantitative estimate of drug-likeness (QED) is 0.321. The maximum Gasteiger partial charge on any atom is 0.268 e. The molecule has 1 aliphatic heterocycles. The maximum absolute atomic E-state index is 13.5. The van der Waals surface area contributed by atoms with Gasteiger partial charge in [-0.05, 0) is 49.8 Å². The predicted octanol–water partition coefficient (Wildman–Crippen LogP) is 1.78. The van der Waals surface area contributed by atoms with Gasteiger partial charge in [-0.25, -0.2) is 0 Å². The van der Waals surface area contributed by atoms with E-state index in [-0.39, 0.29) is 18.2 Å². The fourth-order valence-electron chi connectivity index (χ4n) is 4.83. The van der Waals surface area contributed by atoms with E-state index < -0.39 is 42.2 Å². The number of methoxy groups -OCH3 is 1. The number of nitrogens with zero attached hydrogens (tertiary/aromatic N) is 1. The van der Waals surface area contributed by atoms with Crippen LogP contribution >= 0.6 is 0 Å². The molecule has 1 aliphatic rings. The number of ether oxygens (including phenoxy) is 1. The molecule has 2 heterocycles. The van der Waals surface area contributed by atoms with Gasteiger partial charge in [0, 0.05) is 24.4 Å². The van der Waals surface area contributed by atoms with E-state index in [9.17, 15) is 24.3 Å². The van der Waals surface area contributed by atoms with Crippen LogP contribution in [0, 0.1) is 11.8 Å². The minimum Gasteiger partial charge on any atom is -0.496 e. The molecule has 202 valence electrons. The lowest BCUT2D eigenvalue weighted by Gasteiger charge is -2.25. The maximum atomic E-state index is 13.5. The number of carbonyl (C=O) groups is 4. The molecule has 1 saturated heterocycles. The summed E-state index contributed by atoms with van der Waals surface area (Å²) >= 11 is 0. The minimum atomic E-state index is -1.02.